The molecule has 11 heteroatoms. The topological polar surface area (TPSA) is 85.2 Å². The van der Waals surface area contributed by atoms with Crippen LogP contribution in [0.1, 0.15) is 38.3 Å². The van der Waals surface area contributed by atoms with Gasteiger partial charge in [-0.15, -0.1) is 0 Å². The van der Waals surface area contributed by atoms with E-state index in [0.29, 0.717) is 37.9 Å². The number of benzene rings is 3. The lowest BCUT2D eigenvalue weighted by molar-refractivity contribution is -0.00611. The number of likely N-dealkylation sites (tertiary alicyclic amines) is 1. The number of halogens is 1. The van der Waals surface area contributed by atoms with Crippen molar-refractivity contribution in [3.63, 3.8) is 0 Å². The summed E-state index contributed by atoms with van der Waals surface area (Å²) in [6.45, 7) is 9.73. The average Bonchev–Trinajstić information content (AvgIpc) is 3.49. The Hall–Kier alpha value is -5.16. The normalized spacial score (nSPS) is 18.4. The molecule has 1 amide bonds. The van der Waals surface area contributed by atoms with Crippen molar-refractivity contribution < 1.29 is 23.4 Å². The van der Waals surface area contributed by atoms with E-state index in [1.165, 1.54) is 4.90 Å². The fourth-order valence-electron chi connectivity index (χ4n) is 7.11. The van der Waals surface area contributed by atoms with Crippen molar-refractivity contribution in [3.8, 4) is 23.0 Å². The molecule has 2 fully saturated rings. The minimum atomic E-state index is -1.13. The molecule has 0 saturated carbocycles. The average molecular weight is 707 g/mol. The van der Waals surface area contributed by atoms with Gasteiger partial charge in [-0.3, -0.25) is 9.58 Å². The van der Waals surface area contributed by atoms with Crippen molar-refractivity contribution in [2.75, 3.05) is 44.2 Å². The van der Waals surface area contributed by atoms with Gasteiger partial charge in [0.25, 0.3) is 0 Å². The zero-order chi connectivity index (χ0) is 36.2. The smallest absolute Gasteiger partial charge is 0.410 e. The van der Waals surface area contributed by atoms with E-state index < -0.39 is 17.9 Å². The Balaban J connectivity index is 1.09. The van der Waals surface area contributed by atoms with Gasteiger partial charge < -0.3 is 24.0 Å². The van der Waals surface area contributed by atoms with Crippen LogP contribution < -0.4 is 14.4 Å². The standard InChI is InChI=1S/C41H47FN6O4/c1-41(2,3)52-40(49)48-21-20-34(33(42)26-48)46-22-24-47(25-23-46)35-17-11-16-31-37(44-45(4)38(31)35)32-18-19-36(50-27-29-12-7-5-8-13-29)43-39(32)51-28-30-14-9-6-10-15-30/h5-19,33-34H,20-28H2,1-4H3. The van der Waals surface area contributed by atoms with E-state index in [2.05, 4.69) is 28.0 Å². The maximum atomic E-state index is 15.5. The van der Waals surface area contributed by atoms with E-state index in [9.17, 15) is 4.79 Å². The largest absolute Gasteiger partial charge is 0.473 e. The molecule has 0 aliphatic carbocycles. The van der Waals surface area contributed by atoms with Crippen LogP contribution in [-0.4, -0.2) is 87.7 Å². The summed E-state index contributed by atoms with van der Waals surface area (Å²) >= 11 is 0. The van der Waals surface area contributed by atoms with Crippen molar-refractivity contribution in [1.29, 1.82) is 0 Å². The predicted octanol–water partition coefficient (Wildman–Crippen LogP) is 7.26. The summed E-state index contributed by atoms with van der Waals surface area (Å²) in [5.74, 6) is 0.924. The monoisotopic (exact) mass is 706 g/mol. The first-order chi connectivity index (χ1) is 25.1. The van der Waals surface area contributed by atoms with Gasteiger partial charge in [-0.25, -0.2) is 9.18 Å². The molecule has 2 aliphatic rings. The molecule has 0 spiro atoms. The highest BCUT2D eigenvalue weighted by Crippen LogP contribution is 2.38. The number of nitrogens with zero attached hydrogens (tertiary/aromatic N) is 6. The van der Waals surface area contributed by atoms with Gasteiger partial charge in [-0.2, -0.15) is 10.1 Å². The first-order valence-corrected chi connectivity index (χ1v) is 18.0. The molecular weight excluding hydrogens is 659 g/mol. The predicted molar refractivity (Wildman–Crippen MR) is 200 cm³/mol. The lowest BCUT2D eigenvalue weighted by Gasteiger charge is -2.44. The van der Waals surface area contributed by atoms with Crippen molar-refractivity contribution in [3.05, 3.63) is 102 Å². The highest BCUT2D eigenvalue weighted by molar-refractivity contribution is 6.01. The molecule has 2 aliphatic heterocycles. The Morgan fingerprint density at radius 1 is 0.827 bits per heavy atom. The number of hydrogen-bond donors (Lipinski definition) is 0. The number of rotatable bonds is 9. The lowest BCUT2D eigenvalue weighted by atomic mass is 10.0. The fourth-order valence-corrected chi connectivity index (χ4v) is 7.11. The minimum Gasteiger partial charge on any atom is -0.473 e. The minimum absolute atomic E-state index is 0.0585. The second kappa shape index (κ2) is 15.2. The van der Waals surface area contributed by atoms with E-state index in [-0.39, 0.29) is 12.6 Å². The summed E-state index contributed by atoms with van der Waals surface area (Å²) < 4.78 is 35.4. The summed E-state index contributed by atoms with van der Waals surface area (Å²) in [7, 11) is 1.97. The molecule has 0 bridgehead atoms. The number of aryl methyl sites for hydroxylation is 1. The first kappa shape index (κ1) is 35.3. The number of piperazine rings is 1. The number of para-hydroxylation sites is 1. The van der Waals surface area contributed by atoms with Gasteiger partial charge in [0.1, 0.15) is 30.7 Å². The number of carbonyl (C=O) groups is 1. The molecule has 5 aromatic rings. The number of carbonyl (C=O) groups excluding carboxylic acids is 1. The summed E-state index contributed by atoms with van der Waals surface area (Å²) in [5.41, 5.74) is 5.13. The van der Waals surface area contributed by atoms with Crippen LogP contribution in [-0.2, 0) is 25.0 Å². The van der Waals surface area contributed by atoms with Gasteiger partial charge in [0.05, 0.1) is 23.3 Å². The number of pyridine rings is 1. The molecule has 52 heavy (non-hydrogen) atoms. The number of amides is 1. The van der Waals surface area contributed by atoms with Crippen LogP contribution in [0.15, 0.2) is 91.0 Å². The van der Waals surface area contributed by atoms with Crippen LogP contribution in [0.2, 0.25) is 0 Å². The maximum absolute atomic E-state index is 15.5. The zero-order valence-electron chi connectivity index (χ0n) is 30.4. The van der Waals surface area contributed by atoms with Crippen LogP contribution in [0.25, 0.3) is 22.2 Å². The Morgan fingerprint density at radius 3 is 2.15 bits per heavy atom. The number of hydrogen-bond acceptors (Lipinski definition) is 8. The molecule has 2 aromatic heterocycles. The molecule has 10 nitrogen and oxygen atoms in total. The van der Waals surface area contributed by atoms with Gasteiger partial charge in [-0.1, -0.05) is 72.8 Å². The Kier molecular flexibility index (Phi) is 10.3. The van der Waals surface area contributed by atoms with Gasteiger partial charge in [0.15, 0.2) is 0 Å². The van der Waals surface area contributed by atoms with E-state index in [1.807, 2.05) is 105 Å². The fraction of sp³-hybridized carbons (Fsp3) is 0.390. The summed E-state index contributed by atoms with van der Waals surface area (Å²) in [6.07, 6.45) is -0.988. The molecule has 0 N–H and O–H groups in total. The van der Waals surface area contributed by atoms with Crippen LogP contribution in [0.4, 0.5) is 14.9 Å². The van der Waals surface area contributed by atoms with Crippen LogP contribution in [0.5, 0.6) is 11.8 Å². The third-order valence-electron chi connectivity index (χ3n) is 9.66. The van der Waals surface area contributed by atoms with Gasteiger partial charge in [0.2, 0.25) is 11.8 Å². The number of piperidine rings is 1. The molecule has 4 heterocycles. The van der Waals surface area contributed by atoms with Crippen LogP contribution >= 0.6 is 0 Å². The zero-order valence-corrected chi connectivity index (χ0v) is 30.4. The summed E-state index contributed by atoms with van der Waals surface area (Å²) in [5, 5.41) is 6.01. The van der Waals surface area contributed by atoms with Crippen molar-refractivity contribution in [1.82, 2.24) is 24.6 Å². The SMILES string of the molecule is Cn1nc(-c2ccc(OCc3ccccc3)nc2OCc2ccccc2)c2cccc(N3CCN(C4CCN(C(=O)OC(C)(C)C)CC4F)CC3)c21. The molecule has 7 rings (SSSR count). The van der Waals surface area contributed by atoms with E-state index in [0.717, 1.165) is 65.2 Å². The third kappa shape index (κ3) is 7.99. The Labute approximate surface area is 304 Å². The maximum Gasteiger partial charge on any atom is 0.410 e. The third-order valence-corrected chi connectivity index (χ3v) is 9.66. The lowest BCUT2D eigenvalue weighted by Crippen LogP contribution is -2.58. The van der Waals surface area contributed by atoms with E-state index in [4.69, 9.17) is 24.3 Å². The van der Waals surface area contributed by atoms with E-state index in [1.54, 1.807) is 0 Å². The molecule has 2 unspecified atom stereocenters. The summed E-state index contributed by atoms with van der Waals surface area (Å²) in [6, 6.07) is 29.9. The number of aromatic nitrogens is 3. The van der Waals surface area contributed by atoms with Gasteiger partial charge in [-0.05, 0) is 50.5 Å². The molecule has 3 aromatic carbocycles. The van der Waals surface area contributed by atoms with Crippen molar-refractivity contribution in [2.45, 2.75) is 58.2 Å². The van der Waals surface area contributed by atoms with E-state index >= 15 is 4.39 Å². The van der Waals surface area contributed by atoms with Gasteiger partial charge in [0, 0.05) is 57.3 Å². The molecule has 2 atom stereocenters. The Bertz CT molecular complexity index is 1970. The number of anilines is 1. The number of fused-ring (bicyclic) bond motifs is 1. The second-order valence-electron chi connectivity index (χ2n) is 14.5. The van der Waals surface area contributed by atoms with Gasteiger partial charge >= 0.3 is 6.09 Å². The van der Waals surface area contributed by atoms with Crippen molar-refractivity contribution in [2.24, 2.45) is 7.05 Å². The number of alkyl halides is 1. The molecular formula is C41H47FN6O4. The quantitative estimate of drug-likeness (QED) is 0.158. The molecule has 0 radical (unpaired) electrons. The highest BCUT2D eigenvalue weighted by Gasteiger charge is 2.38. The molecule has 2 saturated heterocycles. The first-order valence-electron chi connectivity index (χ1n) is 18.0. The van der Waals surface area contributed by atoms with Crippen molar-refractivity contribution >= 4 is 22.7 Å². The van der Waals surface area contributed by atoms with Crippen LogP contribution in [0.3, 0.4) is 0 Å². The molecule has 272 valence electrons. The summed E-state index contributed by atoms with van der Waals surface area (Å²) in [4.78, 5) is 23.5. The number of ether oxygens (including phenoxy) is 3. The second-order valence-corrected chi connectivity index (χ2v) is 14.5. The van der Waals surface area contributed by atoms with Crippen LogP contribution in [0, 0.1) is 0 Å². The highest BCUT2D eigenvalue weighted by atomic mass is 19.1. The Morgan fingerprint density at radius 2 is 1.50 bits per heavy atom.